The molecule has 1 aliphatic carbocycles. The lowest BCUT2D eigenvalue weighted by Gasteiger charge is -2.10. The number of rotatable bonds is 5. The van der Waals surface area contributed by atoms with Gasteiger partial charge in [-0.2, -0.15) is 0 Å². The van der Waals surface area contributed by atoms with E-state index in [-0.39, 0.29) is 11.2 Å². The van der Waals surface area contributed by atoms with Gasteiger partial charge in [0.15, 0.2) is 5.16 Å². The lowest BCUT2D eigenvalue weighted by molar-refractivity contribution is -0.133. The number of carboxylic acid groups (broad SMARTS) is 1. The van der Waals surface area contributed by atoms with Crippen LogP contribution in [0.5, 0.6) is 5.75 Å². The standard InChI is InChI=1S/C15H18N2O3S/c1-15(2)7-12(15)17-11-6-9(20-3)4-5-10(11)16-14(17)21-8-13(18)19/h4-6,12H,7-8H2,1-3H3,(H,18,19). The number of ether oxygens (including phenoxy) is 1. The molecule has 1 fully saturated rings. The van der Waals surface area contributed by atoms with Crippen LogP contribution in [-0.2, 0) is 4.79 Å². The first-order chi connectivity index (χ1) is 9.92. The second-order valence-corrected chi connectivity index (χ2v) is 6.95. The van der Waals surface area contributed by atoms with E-state index in [1.165, 1.54) is 11.8 Å². The van der Waals surface area contributed by atoms with E-state index in [1.807, 2.05) is 18.2 Å². The van der Waals surface area contributed by atoms with Gasteiger partial charge in [-0.3, -0.25) is 4.79 Å². The highest BCUT2D eigenvalue weighted by Crippen LogP contribution is 2.57. The summed E-state index contributed by atoms with van der Waals surface area (Å²) in [5, 5.41) is 9.68. The van der Waals surface area contributed by atoms with Gasteiger partial charge in [0.05, 0.1) is 23.9 Å². The first-order valence-corrected chi connectivity index (χ1v) is 7.81. The third kappa shape index (κ3) is 2.60. The van der Waals surface area contributed by atoms with Crippen LogP contribution in [0.25, 0.3) is 11.0 Å². The molecule has 0 bridgehead atoms. The van der Waals surface area contributed by atoms with Crippen LogP contribution < -0.4 is 4.74 Å². The summed E-state index contributed by atoms with van der Waals surface area (Å²) in [6.45, 7) is 4.44. The molecular formula is C15H18N2O3S. The molecule has 0 radical (unpaired) electrons. The SMILES string of the molecule is COc1ccc2nc(SCC(=O)O)n(C3CC3(C)C)c2c1. The second kappa shape index (κ2) is 4.94. The Hall–Kier alpha value is -1.69. The molecule has 1 aromatic heterocycles. The summed E-state index contributed by atoms with van der Waals surface area (Å²) in [7, 11) is 1.64. The number of methoxy groups -OCH3 is 1. The molecule has 2 aromatic rings. The van der Waals surface area contributed by atoms with Crippen LogP contribution in [-0.4, -0.2) is 33.5 Å². The highest BCUT2D eigenvalue weighted by molar-refractivity contribution is 7.99. The number of hydrogen-bond donors (Lipinski definition) is 1. The molecule has 1 saturated carbocycles. The van der Waals surface area contributed by atoms with E-state index in [0.717, 1.165) is 28.4 Å². The largest absolute Gasteiger partial charge is 0.497 e. The van der Waals surface area contributed by atoms with Crippen molar-refractivity contribution >= 4 is 28.8 Å². The van der Waals surface area contributed by atoms with Crippen molar-refractivity contribution in [2.75, 3.05) is 12.9 Å². The van der Waals surface area contributed by atoms with E-state index in [0.29, 0.717) is 6.04 Å². The van der Waals surface area contributed by atoms with Gasteiger partial charge in [-0.05, 0) is 24.0 Å². The van der Waals surface area contributed by atoms with E-state index in [4.69, 9.17) is 9.84 Å². The fourth-order valence-corrected chi connectivity index (χ4v) is 3.37. The van der Waals surface area contributed by atoms with Crippen LogP contribution >= 0.6 is 11.8 Å². The van der Waals surface area contributed by atoms with Gasteiger partial charge in [0.1, 0.15) is 5.75 Å². The van der Waals surface area contributed by atoms with E-state index < -0.39 is 5.97 Å². The molecule has 0 saturated heterocycles. The van der Waals surface area contributed by atoms with Crippen molar-refractivity contribution in [3.8, 4) is 5.75 Å². The zero-order valence-electron chi connectivity index (χ0n) is 12.3. The normalized spacial score (nSPS) is 19.7. The average molecular weight is 306 g/mol. The number of nitrogens with zero attached hydrogens (tertiary/aromatic N) is 2. The van der Waals surface area contributed by atoms with Crippen molar-refractivity contribution in [1.29, 1.82) is 0 Å². The summed E-state index contributed by atoms with van der Waals surface area (Å²) in [6.07, 6.45) is 1.08. The van der Waals surface area contributed by atoms with Crippen molar-refractivity contribution in [2.45, 2.75) is 31.5 Å². The second-order valence-electron chi connectivity index (χ2n) is 6.01. The molecule has 1 aliphatic rings. The number of imidazole rings is 1. The molecule has 21 heavy (non-hydrogen) atoms. The number of fused-ring (bicyclic) bond motifs is 1. The fraction of sp³-hybridized carbons (Fsp3) is 0.467. The maximum atomic E-state index is 10.8. The molecule has 112 valence electrons. The minimum Gasteiger partial charge on any atom is -0.497 e. The lowest BCUT2D eigenvalue weighted by atomic mass is 10.2. The Morgan fingerprint density at radius 1 is 1.57 bits per heavy atom. The Balaban J connectivity index is 2.08. The first-order valence-electron chi connectivity index (χ1n) is 6.83. The summed E-state index contributed by atoms with van der Waals surface area (Å²) in [6, 6.07) is 6.14. The number of benzene rings is 1. The van der Waals surface area contributed by atoms with Crippen LogP contribution in [0.2, 0.25) is 0 Å². The van der Waals surface area contributed by atoms with Gasteiger partial charge in [0.2, 0.25) is 0 Å². The predicted molar refractivity (Wildman–Crippen MR) is 82.1 cm³/mol. The van der Waals surface area contributed by atoms with Gasteiger partial charge < -0.3 is 14.4 Å². The average Bonchev–Trinajstić information content (AvgIpc) is 2.92. The molecule has 0 aliphatic heterocycles. The summed E-state index contributed by atoms with van der Waals surface area (Å²) < 4.78 is 7.47. The van der Waals surface area contributed by atoms with Crippen molar-refractivity contribution in [3.63, 3.8) is 0 Å². The van der Waals surface area contributed by atoms with Gasteiger partial charge in [-0.15, -0.1) is 0 Å². The minimum absolute atomic E-state index is 0.0214. The highest BCUT2D eigenvalue weighted by Gasteiger charge is 2.48. The van der Waals surface area contributed by atoms with Crippen LogP contribution in [0.15, 0.2) is 23.4 Å². The molecule has 5 nitrogen and oxygen atoms in total. The Morgan fingerprint density at radius 3 is 2.86 bits per heavy atom. The van der Waals surface area contributed by atoms with Crippen molar-refractivity contribution in [3.05, 3.63) is 18.2 Å². The Labute approximate surface area is 127 Å². The third-order valence-corrected chi connectivity index (χ3v) is 4.90. The number of carbonyl (C=O) groups is 1. The fourth-order valence-electron chi connectivity index (χ4n) is 2.59. The van der Waals surface area contributed by atoms with Crippen molar-refractivity contribution < 1.29 is 14.6 Å². The maximum Gasteiger partial charge on any atom is 0.313 e. The number of hydrogen-bond acceptors (Lipinski definition) is 4. The Bertz CT molecular complexity index is 708. The number of aliphatic carboxylic acids is 1. The van der Waals surface area contributed by atoms with Crippen LogP contribution in [0, 0.1) is 5.41 Å². The maximum absolute atomic E-state index is 10.8. The zero-order chi connectivity index (χ0) is 15.2. The van der Waals surface area contributed by atoms with Gasteiger partial charge >= 0.3 is 5.97 Å². The van der Waals surface area contributed by atoms with Crippen LogP contribution in [0.4, 0.5) is 0 Å². The summed E-state index contributed by atoms with van der Waals surface area (Å²) >= 11 is 1.27. The quantitative estimate of drug-likeness (QED) is 0.859. The Kier molecular flexibility index (Phi) is 3.36. The summed E-state index contributed by atoms with van der Waals surface area (Å²) in [5.74, 6) is -0.0173. The monoisotopic (exact) mass is 306 g/mol. The van der Waals surface area contributed by atoms with E-state index in [9.17, 15) is 4.79 Å². The lowest BCUT2D eigenvalue weighted by Crippen LogP contribution is -2.04. The number of thioether (sulfide) groups is 1. The number of carboxylic acids is 1. The van der Waals surface area contributed by atoms with Crippen molar-refractivity contribution in [2.24, 2.45) is 5.41 Å². The van der Waals surface area contributed by atoms with Gasteiger partial charge in [-0.1, -0.05) is 25.6 Å². The smallest absolute Gasteiger partial charge is 0.313 e. The Morgan fingerprint density at radius 2 is 2.29 bits per heavy atom. The molecule has 6 heteroatoms. The van der Waals surface area contributed by atoms with E-state index >= 15 is 0 Å². The van der Waals surface area contributed by atoms with E-state index in [2.05, 4.69) is 23.4 Å². The van der Waals surface area contributed by atoms with E-state index in [1.54, 1.807) is 7.11 Å². The topological polar surface area (TPSA) is 64.3 Å². The molecule has 1 heterocycles. The molecule has 1 N–H and O–H groups in total. The van der Waals surface area contributed by atoms with Crippen LogP contribution in [0.3, 0.4) is 0 Å². The first kappa shape index (κ1) is 14.3. The molecule has 0 spiro atoms. The van der Waals surface area contributed by atoms with Gasteiger partial charge in [-0.25, -0.2) is 4.98 Å². The highest BCUT2D eigenvalue weighted by atomic mass is 32.2. The zero-order valence-corrected chi connectivity index (χ0v) is 13.1. The molecule has 1 aromatic carbocycles. The third-order valence-electron chi connectivity index (χ3n) is 3.96. The molecule has 1 atom stereocenters. The minimum atomic E-state index is -0.828. The van der Waals surface area contributed by atoms with Crippen LogP contribution in [0.1, 0.15) is 26.3 Å². The van der Waals surface area contributed by atoms with Gasteiger partial charge in [0.25, 0.3) is 0 Å². The molecule has 3 rings (SSSR count). The summed E-state index contributed by atoms with van der Waals surface area (Å²) in [5.41, 5.74) is 2.12. The predicted octanol–water partition coefficient (Wildman–Crippen LogP) is 3.19. The number of aromatic nitrogens is 2. The molecule has 0 amide bonds. The molecular weight excluding hydrogens is 288 g/mol. The molecule has 1 unspecified atom stereocenters. The summed E-state index contributed by atoms with van der Waals surface area (Å²) in [4.78, 5) is 15.4. The van der Waals surface area contributed by atoms with Crippen molar-refractivity contribution in [1.82, 2.24) is 9.55 Å². The van der Waals surface area contributed by atoms with Gasteiger partial charge in [0, 0.05) is 12.1 Å².